The molecule has 1 aliphatic rings. The number of benzene rings is 1. The zero-order valence-electron chi connectivity index (χ0n) is 17.6. The number of ether oxygens (including phenoxy) is 2. The van der Waals surface area contributed by atoms with Crippen LogP contribution in [0.1, 0.15) is 34.6 Å². The fourth-order valence-electron chi connectivity index (χ4n) is 3.61. The predicted molar refractivity (Wildman–Crippen MR) is 121 cm³/mol. The molecule has 9 heteroatoms. The zero-order chi connectivity index (χ0) is 22.1. The molecule has 0 fully saturated rings. The molecule has 0 saturated heterocycles. The monoisotopic (exact) mass is 448 g/mol. The highest BCUT2D eigenvalue weighted by atomic mass is 35.5. The lowest BCUT2D eigenvalue weighted by atomic mass is 10.1. The van der Waals surface area contributed by atoms with Crippen LogP contribution in [-0.2, 0) is 11.3 Å². The summed E-state index contributed by atoms with van der Waals surface area (Å²) in [5.41, 5.74) is 2.78. The number of aromatic nitrogens is 6. The highest BCUT2D eigenvalue weighted by Gasteiger charge is 2.26. The van der Waals surface area contributed by atoms with E-state index in [-0.39, 0.29) is 6.10 Å². The first-order chi connectivity index (χ1) is 15.6. The molecule has 8 nitrogen and oxygen atoms in total. The van der Waals surface area contributed by atoms with Crippen molar-refractivity contribution >= 4 is 23.8 Å². The summed E-state index contributed by atoms with van der Waals surface area (Å²) in [5.74, 6) is 2.72. The first-order valence-electron chi connectivity index (χ1n) is 10.2. The van der Waals surface area contributed by atoms with E-state index in [0.717, 1.165) is 22.6 Å². The van der Waals surface area contributed by atoms with E-state index in [9.17, 15) is 0 Å². The minimum Gasteiger partial charge on any atom is -0.493 e. The third-order valence-corrected chi connectivity index (χ3v) is 5.42. The molecule has 1 aromatic carbocycles. The summed E-state index contributed by atoms with van der Waals surface area (Å²) in [4.78, 5) is 13.5. The maximum Gasteiger partial charge on any atom is 0.180 e. The van der Waals surface area contributed by atoms with Crippen LogP contribution in [0.3, 0.4) is 0 Å². The lowest BCUT2D eigenvalue weighted by Gasteiger charge is -2.23. The minimum atomic E-state index is -0.268. The van der Waals surface area contributed by atoms with Gasteiger partial charge in [-0.2, -0.15) is 5.10 Å². The number of hydrogen-bond acceptors (Lipinski definition) is 6. The topological polar surface area (TPSA) is 79.9 Å². The highest BCUT2D eigenvalue weighted by molar-refractivity contribution is 6.30. The summed E-state index contributed by atoms with van der Waals surface area (Å²) >= 11 is 6.02. The number of methoxy groups -OCH3 is 1. The Bertz CT molecular complexity index is 1280. The van der Waals surface area contributed by atoms with Crippen LogP contribution in [0.15, 0.2) is 49.1 Å². The van der Waals surface area contributed by atoms with Crippen LogP contribution in [0, 0.1) is 6.92 Å². The van der Waals surface area contributed by atoms with Gasteiger partial charge in [0.1, 0.15) is 12.4 Å². The molecule has 0 aliphatic carbocycles. The summed E-state index contributed by atoms with van der Waals surface area (Å²) in [6, 6.07) is 9.53. The molecule has 0 spiro atoms. The molecule has 4 heterocycles. The largest absolute Gasteiger partial charge is 0.493 e. The van der Waals surface area contributed by atoms with Gasteiger partial charge in [0.25, 0.3) is 0 Å². The Balaban J connectivity index is 1.40. The zero-order valence-corrected chi connectivity index (χ0v) is 18.4. The third kappa shape index (κ3) is 4.02. The van der Waals surface area contributed by atoms with E-state index in [0.29, 0.717) is 35.6 Å². The Morgan fingerprint density at radius 1 is 1.19 bits per heavy atom. The standard InChI is InChI=1S/C23H21ClN6O2/c1-15-13-29(14-26-15)22-19(31-2)11-16(12-25-22)3-8-20-27-23-21(32-10-9-30(23)28-20)17-4-6-18(24)7-5-17/h3-8,11-14,21H,9-10H2,1-2H3/t21-/m0/s1. The van der Waals surface area contributed by atoms with Crippen molar-refractivity contribution in [1.82, 2.24) is 29.3 Å². The molecule has 0 bridgehead atoms. The Hall–Kier alpha value is -3.49. The quantitative estimate of drug-likeness (QED) is 0.457. The molecule has 0 amide bonds. The lowest BCUT2D eigenvalue weighted by Crippen LogP contribution is -2.23. The molecule has 0 saturated carbocycles. The highest BCUT2D eigenvalue weighted by Crippen LogP contribution is 2.29. The van der Waals surface area contributed by atoms with Crippen molar-refractivity contribution in [2.75, 3.05) is 13.7 Å². The van der Waals surface area contributed by atoms with Crippen molar-refractivity contribution in [3.8, 4) is 11.6 Å². The van der Waals surface area contributed by atoms with Crippen LogP contribution in [0.25, 0.3) is 18.0 Å². The van der Waals surface area contributed by atoms with E-state index in [1.807, 2.05) is 64.9 Å². The number of aryl methyl sites for hydroxylation is 1. The number of nitrogens with zero attached hydrogens (tertiary/aromatic N) is 6. The molecule has 0 radical (unpaired) electrons. The molecule has 32 heavy (non-hydrogen) atoms. The number of halogens is 1. The molecule has 1 atom stereocenters. The van der Waals surface area contributed by atoms with Gasteiger partial charge in [-0.1, -0.05) is 23.7 Å². The van der Waals surface area contributed by atoms with Crippen LogP contribution >= 0.6 is 11.6 Å². The molecule has 3 aromatic heterocycles. The first-order valence-corrected chi connectivity index (χ1v) is 10.5. The van der Waals surface area contributed by atoms with Gasteiger partial charge in [0, 0.05) is 17.4 Å². The summed E-state index contributed by atoms with van der Waals surface area (Å²) in [6.45, 7) is 3.16. The van der Waals surface area contributed by atoms with Crippen LogP contribution in [0.2, 0.25) is 5.02 Å². The van der Waals surface area contributed by atoms with Crippen molar-refractivity contribution in [3.63, 3.8) is 0 Å². The van der Waals surface area contributed by atoms with Gasteiger partial charge in [-0.3, -0.25) is 4.57 Å². The summed E-state index contributed by atoms with van der Waals surface area (Å²) in [7, 11) is 1.62. The van der Waals surface area contributed by atoms with Gasteiger partial charge >= 0.3 is 0 Å². The maximum absolute atomic E-state index is 6.02. The molecular weight excluding hydrogens is 428 g/mol. The fourth-order valence-corrected chi connectivity index (χ4v) is 3.74. The van der Waals surface area contributed by atoms with Crippen molar-refractivity contribution in [3.05, 3.63) is 82.5 Å². The number of pyridine rings is 1. The van der Waals surface area contributed by atoms with E-state index in [2.05, 4.69) is 15.1 Å². The van der Waals surface area contributed by atoms with Crippen molar-refractivity contribution in [2.24, 2.45) is 0 Å². The lowest BCUT2D eigenvalue weighted by molar-refractivity contribution is 0.0390. The molecule has 0 N–H and O–H groups in total. The molecule has 1 aliphatic heterocycles. The number of imidazole rings is 1. The van der Waals surface area contributed by atoms with Gasteiger partial charge < -0.3 is 9.47 Å². The average Bonchev–Trinajstić information content (AvgIpc) is 3.43. The SMILES string of the molecule is COc1cc(C=Cc2nc3n(n2)CCO[C@H]3c2ccc(Cl)cc2)cnc1-n1cnc(C)c1. The van der Waals surface area contributed by atoms with E-state index >= 15 is 0 Å². The summed E-state index contributed by atoms with van der Waals surface area (Å²) in [6.07, 6.45) is 8.90. The van der Waals surface area contributed by atoms with E-state index in [1.54, 1.807) is 19.6 Å². The third-order valence-electron chi connectivity index (χ3n) is 5.17. The van der Waals surface area contributed by atoms with E-state index < -0.39 is 0 Å². The average molecular weight is 449 g/mol. The molecule has 4 aromatic rings. The van der Waals surface area contributed by atoms with Crippen molar-refractivity contribution < 1.29 is 9.47 Å². The maximum atomic E-state index is 6.02. The Kier molecular flexibility index (Phi) is 5.46. The van der Waals surface area contributed by atoms with Gasteiger partial charge in [-0.05, 0) is 48.4 Å². The van der Waals surface area contributed by atoms with Crippen molar-refractivity contribution in [1.29, 1.82) is 0 Å². The Labute approximate surface area is 190 Å². The summed E-state index contributed by atoms with van der Waals surface area (Å²) in [5, 5.41) is 5.31. The first kappa shape index (κ1) is 20.4. The second-order valence-corrected chi connectivity index (χ2v) is 7.84. The predicted octanol–water partition coefficient (Wildman–Crippen LogP) is 4.12. The fraction of sp³-hybridized carbons (Fsp3) is 0.217. The molecule has 0 unspecified atom stereocenters. The Morgan fingerprint density at radius 2 is 2.03 bits per heavy atom. The molecule has 5 rings (SSSR count). The smallest absolute Gasteiger partial charge is 0.180 e. The van der Waals surface area contributed by atoms with E-state index in [1.165, 1.54) is 0 Å². The van der Waals surface area contributed by atoms with Gasteiger partial charge in [0.15, 0.2) is 23.2 Å². The summed E-state index contributed by atoms with van der Waals surface area (Å²) < 4.78 is 15.2. The second kappa shape index (κ2) is 8.57. The number of fused-ring (bicyclic) bond motifs is 1. The molecular formula is C23H21ClN6O2. The van der Waals surface area contributed by atoms with E-state index in [4.69, 9.17) is 26.1 Å². The van der Waals surface area contributed by atoms with Gasteiger partial charge in [0.05, 0.1) is 26.0 Å². The Morgan fingerprint density at radius 3 is 2.78 bits per heavy atom. The van der Waals surface area contributed by atoms with Crippen LogP contribution in [0.5, 0.6) is 5.75 Å². The second-order valence-electron chi connectivity index (χ2n) is 7.40. The molecule has 162 valence electrons. The van der Waals surface area contributed by atoms with Crippen molar-refractivity contribution in [2.45, 2.75) is 19.6 Å². The number of rotatable bonds is 5. The van der Waals surface area contributed by atoms with Gasteiger partial charge in [-0.15, -0.1) is 0 Å². The normalized spacial score (nSPS) is 15.8. The minimum absolute atomic E-state index is 0.268. The van der Waals surface area contributed by atoms with Crippen LogP contribution in [0.4, 0.5) is 0 Å². The van der Waals surface area contributed by atoms with Crippen LogP contribution < -0.4 is 4.74 Å². The van der Waals surface area contributed by atoms with Crippen LogP contribution in [-0.4, -0.2) is 43.0 Å². The van der Waals surface area contributed by atoms with Gasteiger partial charge in [-0.25, -0.2) is 19.6 Å². The number of hydrogen-bond donors (Lipinski definition) is 0. The van der Waals surface area contributed by atoms with Gasteiger partial charge in [0.2, 0.25) is 0 Å².